The number of hydrogen-bond donors (Lipinski definition) is 3. The Hall–Kier alpha value is -2.78. The number of rotatable bonds is 5. The van der Waals surface area contributed by atoms with Crippen LogP contribution in [0.15, 0.2) is 36.7 Å². The molecule has 122 valence electrons. The van der Waals surface area contributed by atoms with E-state index in [1.165, 1.54) is 18.2 Å². The first-order valence-corrected chi connectivity index (χ1v) is 7.36. The van der Waals surface area contributed by atoms with Crippen molar-refractivity contribution < 1.29 is 19.6 Å². The van der Waals surface area contributed by atoms with Crippen molar-refractivity contribution in [1.82, 2.24) is 15.3 Å². The summed E-state index contributed by atoms with van der Waals surface area (Å²) >= 11 is 0. The van der Waals surface area contributed by atoms with Crippen molar-refractivity contribution in [3.63, 3.8) is 0 Å². The van der Waals surface area contributed by atoms with Crippen LogP contribution in [0.2, 0.25) is 0 Å². The molecule has 9 heteroatoms. The van der Waals surface area contributed by atoms with E-state index in [0.717, 1.165) is 0 Å². The van der Waals surface area contributed by atoms with Gasteiger partial charge in [0.1, 0.15) is 6.29 Å². The summed E-state index contributed by atoms with van der Waals surface area (Å²) in [6.07, 6.45) is 3.81. The Morgan fingerprint density at radius 2 is 2.00 bits per heavy atom. The first-order valence-electron chi connectivity index (χ1n) is 7.36. The lowest BCUT2D eigenvalue weighted by Gasteiger charge is -2.39. The fourth-order valence-corrected chi connectivity index (χ4v) is 2.51. The van der Waals surface area contributed by atoms with E-state index in [4.69, 9.17) is 0 Å². The van der Waals surface area contributed by atoms with Gasteiger partial charge in [-0.3, -0.25) is 9.59 Å². The Bertz CT molecular complexity index is 750. The minimum Gasteiger partial charge on any atom is -0.423 e. The van der Waals surface area contributed by atoms with Crippen molar-refractivity contribution in [3.05, 3.63) is 47.8 Å². The first kappa shape index (κ1) is 16.1. The Morgan fingerprint density at radius 3 is 2.62 bits per heavy atom. The van der Waals surface area contributed by atoms with Gasteiger partial charge in [0.25, 0.3) is 5.91 Å². The molecule has 8 nitrogen and oxygen atoms in total. The number of hydrogen-bond acceptors (Lipinski definition) is 7. The number of aldehydes is 1. The van der Waals surface area contributed by atoms with Gasteiger partial charge in [0.2, 0.25) is 5.95 Å². The molecule has 0 radical (unpaired) electrons. The van der Waals surface area contributed by atoms with Gasteiger partial charge >= 0.3 is 7.12 Å². The van der Waals surface area contributed by atoms with Crippen LogP contribution in [0.3, 0.4) is 0 Å². The molecule has 0 saturated carbocycles. The molecule has 0 bridgehead atoms. The van der Waals surface area contributed by atoms with E-state index in [-0.39, 0.29) is 28.5 Å². The molecule has 2 heterocycles. The summed E-state index contributed by atoms with van der Waals surface area (Å²) in [5, 5.41) is 21.2. The highest BCUT2D eigenvalue weighted by molar-refractivity contribution is 6.60. The number of nitrogens with one attached hydrogen (secondary N) is 1. The van der Waals surface area contributed by atoms with Gasteiger partial charge in [0, 0.05) is 36.6 Å². The van der Waals surface area contributed by atoms with Crippen LogP contribution in [0.25, 0.3) is 0 Å². The number of carbonyl (C=O) groups excluding carboxylic acids is 2. The lowest BCUT2D eigenvalue weighted by atomic mass is 9.77. The maximum atomic E-state index is 12.2. The number of aromatic nitrogens is 2. The minimum atomic E-state index is -1.76. The third-order valence-corrected chi connectivity index (χ3v) is 3.81. The van der Waals surface area contributed by atoms with Crippen LogP contribution < -0.4 is 15.7 Å². The quantitative estimate of drug-likeness (QED) is 0.456. The molecule has 1 aromatic carbocycles. The molecule has 1 fully saturated rings. The predicted octanol–water partition coefficient (Wildman–Crippen LogP) is -1.41. The lowest BCUT2D eigenvalue weighted by molar-refractivity contribution is 0.0930. The Labute approximate surface area is 138 Å². The molecule has 24 heavy (non-hydrogen) atoms. The van der Waals surface area contributed by atoms with Crippen LogP contribution in [0, 0.1) is 0 Å². The zero-order valence-electron chi connectivity index (χ0n) is 12.7. The van der Waals surface area contributed by atoms with E-state index >= 15 is 0 Å². The van der Waals surface area contributed by atoms with E-state index in [0.29, 0.717) is 25.3 Å². The Balaban J connectivity index is 1.61. The van der Waals surface area contributed by atoms with Crippen LogP contribution in [-0.4, -0.2) is 58.5 Å². The maximum absolute atomic E-state index is 12.2. The summed E-state index contributed by atoms with van der Waals surface area (Å²) < 4.78 is 0. The molecule has 1 amide bonds. The molecule has 1 saturated heterocycles. The van der Waals surface area contributed by atoms with Gasteiger partial charge in [-0.05, 0) is 23.7 Å². The molecule has 1 aliphatic rings. The SMILES string of the molecule is O=Cc1cc(C(=O)NC2CN(c3ncccn3)C2)ccc1B(O)O. The first-order chi connectivity index (χ1) is 11.6. The van der Waals surface area contributed by atoms with Crippen LogP contribution in [0.5, 0.6) is 0 Å². The summed E-state index contributed by atoms with van der Waals surface area (Å²) in [7, 11) is -1.76. The average molecular weight is 326 g/mol. The second-order valence-electron chi connectivity index (χ2n) is 5.46. The topological polar surface area (TPSA) is 116 Å². The highest BCUT2D eigenvalue weighted by Gasteiger charge is 2.30. The number of anilines is 1. The van der Waals surface area contributed by atoms with E-state index < -0.39 is 7.12 Å². The summed E-state index contributed by atoms with van der Waals surface area (Å²) in [6.45, 7) is 1.20. The molecule has 0 aliphatic carbocycles. The fraction of sp³-hybridized carbons (Fsp3) is 0.200. The predicted molar refractivity (Wildman–Crippen MR) is 87.2 cm³/mol. The average Bonchev–Trinajstić information content (AvgIpc) is 2.57. The highest BCUT2D eigenvalue weighted by atomic mass is 16.4. The number of carbonyl (C=O) groups is 2. The van der Waals surface area contributed by atoms with Gasteiger partial charge in [-0.25, -0.2) is 9.97 Å². The third-order valence-electron chi connectivity index (χ3n) is 3.81. The van der Waals surface area contributed by atoms with Crippen LogP contribution >= 0.6 is 0 Å². The normalized spacial score (nSPS) is 14.0. The van der Waals surface area contributed by atoms with Crippen molar-refractivity contribution in [3.8, 4) is 0 Å². The van der Waals surface area contributed by atoms with Crippen LogP contribution in [0.4, 0.5) is 5.95 Å². The molecule has 2 aromatic rings. The van der Waals surface area contributed by atoms with E-state index in [1.807, 2.05) is 4.90 Å². The van der Waals surface area contributed by atoms with Gasteiger partial charge in [-0.2, -0.15) is 0 Å². The summed E-state index contributed by atoms with van der Waals surface area (Å²) in [6, 6.07) is 5.85. The van der Waals surface area contributed by atoms with Gasteiger partial charge < -0.3 is 20.3 Å². The number of nitrogens with zero attached hydrogens (tertiary/aromatic N) is 3. The summed E-state index contributed by atoms with van der Waals surface area (Å²) in [5.41, 5.74) is 0.430. The second kappa shape index (κ2) is 6.77. The minimum absolute atomic E-state index is 0.0379. The molecule has 0 spiro atoms. The van der Waals surface area contributed by atoms with Crippen LogP contribution in [0.1, 0.15) is 20.7 Å². The molecule has 1 aliphatic heterocycles. The van der Waals surface area contributed by atoms with Crippen molar-refractivity contribution in [2.75, 3.05) is 18.0 Å². The highest BCUT2D eigenvalue weighted by Crippen LogP contribution is 2.15. The summed E-state index contributed by atoms with van der Waals surface area (Å²) in [4.78, 5) is 33.5. The van der Waals surface area contributed by atoms with Gasteiger partial charge in [0.15, 0.2) is 0 Å². The third kappa shape index (κ3) is 3.26. The van der Waals surface area contributed by atoms with Crippen molar-refractivity contribution in [1.29, 1.82) is 0 Å². The molecule has 3 N–H and O–H groups in total. The smallest absolute Gasteiger partial charge is 0.423 e. The largest absolute Gasteiger partial charge is 0.489 e. The number of amides is 1. The van der Waals surface area contributed by atoms with E-state index in [2.05, 4.69) is 15.3 Å². The fourth-order valence-electron chi connectivity index (χ4n) is 2.51. The van der Waals surface area contributed by atoms with E-state index in [9.17, 15) is 19.6 Å². The zero-order valence-corrected chi connectivity index (χ0v) is 12.7. The molecule has 0 unspecified atom stereocenters. The summed E-state index contributed by atoms with van der Waals surface area (Å²) in [5.74, 6) is 0.295. The van der Waals surface area contributed by atoms with E-state index in [1.54, 1.807) is 18.5 Å². The lowest BCUT2D eigenvalue weighted by Crippen LogP contribution is -2.60. The van der Waals surface area contributed by atoms with Crippen molar-refractivity contribution >= 4 is 30.7 Å². The molecule has 0 atom stereocenters. The molecular weight excluding hydrogens is 311 g/mol. The zero-order chi connectivity index (χ0) is 17.1. The number of benzene rings is 1. The Morgan fingerprint density at radius 1 is 1.29 bits per heavy atom. The maximum Gasteiger partial charge on any atom is 0.489 e. The van der Waals surface area contributed by atoms with Gasteiger partial charge in [-0.1, -0.05) is 6.07 Å². The molecule has 3 rings (SSSR count). The standard InChI is InChI=1S/C15H15BN4O4/c21-9-11-6-10(2-3-13(11)16(23)24)14(22)19-12-7-20(8-12)15-17-4-1-5-18-15/h1-6,9,12,23-24H,7-8H2,(H,19,22). The van der Waals surface area contributed by atoms with Crippen LogP contribution in [-0.2, 0) is 0 Å². The van der Waals surface area contributed by atoms with Crippen molar-refractivity contribution in [2.45, 2.75) is 6.04 Å². The second-order valence-corrected chi connectivity index (χ2v) is 5.46. The van der Waals surface area contributed by atoms with Gasteiger partial charge in [-0.15, -0.1) is 0 Å². The molecular formula is C15H15BN4O4. The van der Waals surface area contributed by atoms with Gasteiger partial charge in [0.05, 0.1) is 6.04 Å². The molecule has 1 aromatic heterocycles. The van der Waals surface area contributed by atoms with Crippen molar-refractivity contribution in [2.24, 2.45) is 0 Å². The monoisotopic (exact) mass is 326 g/mol. The Kier molecular flexibility index (Phi) is 4.54.